The van der Waals surface area contributed by atoms with E-state index in [-0.39, 0.29) is 5.91 Å². The first-order chi connectivity index (χ1) is 14.4. The molecule has 2 amide bonds. The van der Waals surface area contributed by atoms with Crippen LogP contribution in [0.3, 0.4) is 0 Å². The van der Waals surface area contributed by atoms with E-state index in [9.17, 15) is 9.59 Å². The third kappa shape index (κ3) is 3.85. The molecule has 156 valence electrons. The summed E-state index contributed by atoms with van der Waals surface area (Å²) in [7, 11) is 0. The Morgan fingerprint density at radius 1 is 1.27 bits per heavy atom. The molecular formula is C22H26N6O2. The van der Waals surface area contributed by atoms with E-state index in [1.807, 2.05) is 32.0 Å². The Hall–Kier alpha value is -3.42. The first-order valence-corrected chi connectivity index (χ1v) is 10.2. The summed E-state index contributed by atoms with van der Waals surface area (Å²) in [6.07, 6.45) is 5.32. The number of anilines is 2. The van der Waals surface area contributed by atoms with Crippen LogP contribution < -0.4 is 16.4 Å². The lowest BCUT2D eigenvalue weighted by molar-refractivity contribution is 0.0949. The maximum absolute atomic E-state index is 12.5. The Balaban J connectivity index is 1.77. The number of aromatic nitrogens is 3. The van der Waals surface area contributed by atoms with Gasteiger partial charge in [0.1, 0.15) is 5.52 Å². The summed E-state index contributed by atoms with van der Waals surface area (Å²) in [5.41, 5.74) is 9.71. The number of primary amides is 1. The zero-order valence-corrected chi connectivity index (χ0v) is 17.5. The molecule has 0 spiro atoms. The molecule has 4 N–H and O–H groups in total. The minimum Gasteiger partial charge on any atom is -0.366 e. The average molecular weight is 406 g/mol. The van der Waals surface area contributed by atoms with E-state index in [2.05, 4.69) is 22.7 Å². The van der Waals surface area contributed by atoms with Crippen molar-refractivity contribution in [1.82, 2.24) is 19.9 Å². The van der Waals surface area contributed by atoms with Gasteiger partial charge in [-0.3, -0.25) is 9.59 Å². The van der Waals surface area contributed by atoms with Crippen LogP contribution in [0.2, 0.25) is 0 Å². The summed E-state index contributed by atoms with van der Waals surface area (Å²) in [6.45, 7) is 5.86. The summed E-state index contributed by atoms with van der Waals surface area (Å²) in [4.78, 5) is 29.0. The van der Waals surface area contributed by atoms with E-state index in [4.69, 9.17) is 10.7 Å². The van der Waals surface area contributed by atoms with Gasteiger partial charge in [-0.25, -0.2) is 9.50 Å². The minimum absolute atomic E-state index is 0.0741. The molecule has 2 heterocycles. The van der Waals surface area contributed by atoms with E-state index in [1.165, 1.54) is 0 Å². The normalized spacial score (nSPS) is 13.4. The Morgan fingerprint density at radius 2 is 2.03 bits per heavy atom. The lowest BCUT2D eigenvalue weighted by atomic mass is 10.1. The smallest absolute Gasteiger partial charge is 0.251 e. The van der Waals surface area contributed by atoms with Crippen LogP contribution in [0.15, 0.2) is 24.4 Å². The van der Waals surface area contributed by atoms with Crippen LogP contribution in [-0.2, 0) is 6.42 Å². The molecule has 8 heteroatoms. The number of nitrogens with two attached hydrogens (primary N) is 1. The van der Waals surface area contributed by atoms with Gasteiger partial charge >= 0.3 is 0 Å². The highest BCUT2D eigenvalue weighted by Gasteiger charge is 2.24. The molecule has 1 fully saturated rings. The number of aryl methyl sites for hydroxylation is 3. The fraction of sp³-hybridized carbons (Fsp3) is 0.364. The van der Waals surface area contributed by atoms with Crippen molar-refractivity contribution < 1.29 is 9.59 Å². The lowest BCUT2D eigenvalue weighted by Crippen LogP contribution is -2.25. The number of fused-ring (bicyclic) bond motifs is 1. The molecule has 2 aromatic heterocycles. The van der Waals surface area contributed by atoms with Crippen molar-refractivity contribution in [2.75, 3.05) is 5.32 Å². The molecule has 3 aromatic rings. The van der Waals surface area contributed by atoms with Gasteiger partial charge in [-0.1, -0.05) is 13.0 Å². The van der Waals surface area contributed by atoms with Gasteiger partial charge in [0.2, 0.25) is 0 Å². The molecule has 0 bridgehead atoms. The summed E-state index contributed by atoms with van der Waals surface area (Å²) < 4.78 is 1.66. The fourth-order valence-electron chi connectivity index (χ4n) is 3.46. The van der Waals surface area contributed by atoms with Gasteiger partial charge in [-0.2, -0.15) is 5.10 Å². The van der Waals surface area contributed by atoms with Crippen LogP contribution in [0.1, 0.15) is 63.9 Å². The van der Waals surface area contributed by atoms with Crippen LogP contribution in [0.5, 0.6) is 0 Å². The number of hydrogen-bond donors (Lipinski definition) is 3. The number of rotatable bonds is 7. The zero-order chi connectivity index (χ0) is 21.4. The maximum atomic E-state index is 12.5. The number of hydrogen-bond acceptors (Lipinski definition) is 5. The highest BCUT2D eigenvalue weighted by atomic mass is 16.2. The topological polar surface area (TPSA) is 114 Å². The molecule has 1 saturated carbocycles. The van der Waals surface area contributed by atoms with Crippen molar-refractivity contribution in [3.63, 3.8) is 0 Å². The molecule has 1 aliphatic rings. The molecule has 1 aromatic carbocycles. The number of nitrogens with zero attached hydrogens (tertiary/aromatic N) is 3. The van der Waals surface area contributed by atoms with Crippen molar-refractivity contribution in [3.8, 4) is 0 Å². The molecule has 0 aliphatic heterocycles. The van der Waals surface area contributed by atoms with Gasteiger partial charge in [0.15, 0.2) is 11.6 Å². The number of carbonyl (C=O) groups excluding carboxylic acids is 2. The van der Waals surface area contributed by atoms with Crippen LogP contribution in [0, 0.1) is 13.8 Å². The number of carbonyl (C=O) groups is 2. The number of benzene rings is 1. The Bertz CT molecular complexity index is 1150. The van der Waals surface area contributed by atoms with Gasteiger partial charge in [-0.05, 0) is 56.4 Å². The van der Waals surface area contributed by atoms with Crippen LogP contribution in [-0.4, -0.2) is 32.5 Å². The molecule has 8 nitrogen and oxygen atoms in total. The van der Waals surface area contributed by atoms with Crippen LogP contribution >= 0.6 is 0 Å². The van der Waals surface area contributed by atoms with Crippen LogP contribution in [0.25, 0.3) is 5.52 Å². The summed E-state index contributed by atoms with van der Waals surface area (Å²) >= 11 is 0. The van der Waals surface area contributed by atoms with Gasteiger partial charge in [0.25, 0.3) is 11.8 Å². The Morgan fingerprint density at radius 3 is 2.70 bits per heavy atom. The lowest BCUT2D eigenvalue weighted by Gasteiger charge is -2.14. The Kier molecular flexibility index (Phi) is 5.15. The van der Waals surface area contributed by atoms with Crippen molar-refractivity contribution in [1.29, 1.82) is 0 Å². The van der Waals surface area contributed by atoms with Crippen molar-refractivity contribution in [2.45, 2.75) is 52.5 Å². The molecule has 0 unspecified atom stereocenters. The zero-order valence-electron chi connectivity index (χ0n) is 17.5. The first-order valence-electron chi connectivity index (χ1n) is 10.2. The third-order valence-electron chi connectivity index (χ3n) is 5.33. The minimum atomic E-state index is -0.504. The van der Waals surface area contributed by atoms with Gasteiger partial charge in [-0.15, -0.1) is 0 Å². The SMILES string of the molecule is CCCc1nc(Nc2cc(C(=O)NC3CC3)ccc2C)c2c(C)c(C(N)=O)cn2n1. The molecule has 1 aliphatic carbocycles. The van der Waals surface area contributed by atoms with Crippen LogP contribution in [0.4, 0.5) is 11.5 Å². The maximum Gasteiger partial charge on any atom is 0.251 e. The van der Waals surface area contributed by atoms with Crippen molar-refractivity contribution in [2.24, 2.45) is 5.73 Å². The molecule has 30 heavy (non-hydrogen) atoms. The van der Waals surface area contributed by atoms with E-state index >= 15 is 0 Å². The summed E-state index contributed by atoms with van der Waals surface area (Å²) in [5.74, 6) is 0.672. The molecular weight excluding hydrogens is 380 g/mol. The molecule has 4 rings (SSSR count). The predicted molar refractivity (Wildman–Crippen MR) is 115 cm³/mol. The fourth-order valence-corrected chi connectivity index (χ4v) is 3.46. The third-order valence-corrected chi connectivity index (χ3v) is 5.33. The standard InChI is InChI=1S/C22H26N6O2/c1-4-5-18-26-21(19-13(3)16(20(23)29)11-28(19)27-18)25-17-10-14(7-6-12(17)2)22(30)24-15-8-9-15/h6-7,10-11,15H,4-5,8-9H2,1-3H3,(H2,23,29)(H,24,30)(H,25,26,27). The van der Waals surface area contributed by atoms with E-state index in [1.54, 1.807) is 10.7 Å². The van der Waals surface area contributed by atoms with E-state index < -0.39 is 5.91 Å². The highest BCUT2D eigenvalue weighted by Crippen LogP contribution is 2.28. The number of nitrogens with one attached hydrogen (secondary N) is 2. The second-order valence-electron chi connectivity index (χ2n) is 7.85. The second-order valence-corrected chi connectivity index (χ2v) is 7.85. The largest absolute Gasteiger partial charge is 0.366 e. The van der Waals surface area contributed by atoms with Gasteiger partial charge in [0.05, 0.1) is 5.56 Å². The van der Waals surface area contributed by atoms with E-state index in [0.29, 0.717) is 46.3 Å². The average Bonchev–Trinajstić information content (AvgIpc) is 3.44. The molecule has 0 saturated heterocycles. The van der Waals surface area contributed by atoms with Gasteiger partial charge < -0.3 is 16.4 Å². The van der Waals surface area contributed by atoms with E-state index in [0.717, 1.165) is 30.5 Å². The van der Waals surface area contributed by atoms with Gasteiger partial charge in [0, 0.05) is 29.9 Å². The highest BCUT2D eigenvalue weighted by molar-refractivity contribution is 5.98. The summed E-state index contributed by atoms with van der Waals surface area (Å²) in [5, 5.41) is 10.9. The second kappa shape index (κ2) is 7.78. The van der Waals surface area contributed by atoms with Crippen molar-refractivity contribution in [3.05, 3.63) is 52.5 Å². The number of amides is 2. The molecule has 0 atom stereocenters. The predicted octanol–water partition coefficient (Wildman–Crippen LogP) is 3.03. The molecule has 0 radical (unpaired) electrons. The van der Waals surface area contributed by atoms with Crippen molar-refractivity contribution >= 4 is 28.8 Å². The summed E-state index contributed by atoms with van der Waals surface area (Å²) in [6, 6.07) is 5.86. The first kappa shape index (κ1) is 19.9. The monoisotopic (exact) mass is 406 g/mol. The Labute approximate surface area is 174 Å². The quantitative estimate of drug-likeness (QED) is 0.558.